The average molecular weight is 498 g/mol. The number of carbonyl (C=O) groups is 2. The Bertz CT molecular complexity index is 1130. The predicted octanol–water partition coefficient (Wildman–Crippen LogP) is 4.01. The molecule has 1 saturated heterocycles. The quantitative estimate of drug-likeness (QED) is 0.497. The van der Waals surface area contributed by atoms with Crippen LogP contribution in [-0.2, 0) is 20.4 Å². The van der Waals surface area contributed by atoms with Crippen LogP contribution < -0.4 is 10.2 Å². The molecule has 1 fully saturated rings. The van der Waals surface area contributed by atoms with E-state index in [4.69, 9.17) is 9.47 Å². The van der Waals surface area contributed by atoms with E-state index in [1.807, 2.05) is 0 Å². The lowest BCUT2D eigenvalue weighted by Crippen LogP contribution is -2.37. The van der Waals surface area contributed by atoms with E-state index in [-0.39, 0.29) is 34.3 Å². The van der Waals surface area contributed by atoms with Gasteiger partial charge in [-0.25, -0.2) is 4.98 Å². The zero-order valence-electron chi connectivity index (χ0n) is 19.3. The summed E-state index contributed by atoms with van der Waals surface area (Å²) in [6.45, 7) is 5.74. The number of rotatable bonds is 5. The van der Waals surface area contributed by atoms with Gasteiger partial charge in [0.15, 0.2) is 5.60 Å². The van der Waals surface area contributed by atoms with Gasteiger partial charge in [-0.05, 0) is 32.8 Å². The molecule has 1 aliphatic rings. The van der Waals surface area contributed by atoms with E-state index in [9.17, 15) is 22.8 Å². The van der Waals surface area contributed by atoms with Crippen molar-refractivity contribution in [3.63, 3.8) is 0 Å². The second kappa shape index (κ2) is 10.2. The van der Waals surface area contributed by atoms with E-state index in [1.165, 1.54) is 19.4 Å². The number of hydrogen-bond acceptors (Lipinski definition) is 7. The molecule has 0 radical (unpaired) electrons. The maximum absolute atomic E-state index is 13.7. The highest BCUT2D eigenvalue weighted by molar-refractivity contribution is 7.17. The van der Waals surface area contributed by atoms with Crippen LogP contribution in [0.3, 0.4) is 0 Å². The number of pyridine rings is 1. The van der Waals surface area contributed by atoms with Gasteiger partial charge < -0.3 is 19.7 Å². The number of fused-ring (bicyclic) bond motifs is 1. The van der Waals surface area contributed by atoms with Crippen molar-refractivity contribution in [1.82, 2.24) is 10.3 Å². The number of aromatic nitrogens is 1. The van der Waals surface area contributed by atoms with E-state index in [0.29, 0.717) is 25.9 Å². The largest absolute Gasteiger partial charge is 0.447 e. The van der Waals surface area contributed by atoms with Crippen LogP contribution in [0.4, 0.5) is 19.0 Å². The number of anilines is 1. The molecular weight excluding hydrogens is 471 g/mol. The number of thiophene rings is 1. The van der Waals surface area contributed by atoms with Crippen molar-refractivity contribution < 1.29 is 32.2 Å². The number of nitrogens with zero attached hydrogens (tertiary/aromatic N) is 2. The van der Waals surface area contributed by atoms with Gasteiger partial charge in [0.05, 0.1) is 27.4 Å². The van der Waals surface area contributed by atoms with E-state index < -0.39 is 29.2 Å². The monoisotopic (exact) mass is 497 g/mol. The Hall–Kier alpha value is -2.84. The zero-order chi connectivity index (χ0) is 25.1. The third-order valence-electron chi connectivity index (χ3n) is 5.23. The van der Waals surface area contributed by atoms with Crippen molar-refractivity contribution >= 4 is 39.2 Å². The topological polar surface area (TPSA) is 80.8 Å². The minimum absolute atomic E-state index is 0.0525. The first-order valence-electron chi connectivity index (χ1n) is 10.7. The Balaban J connectivity index is 1.70. The maximum atomic E-state index is 13.7. The van der Waals surface area contributed by atoms with Crippen molar-refractivity contribution in [2.24, 2.45) is 0 Å². The highest BCUT2D eigenvalue weighted by atomic mass is 32.1. The van der Waals surface area contributed by atoms with E-state index in [1.54, 1.807) is 18.7 Å². The Kier molecular flexibility index (Phi) is 7.73. The summed E-state index contributed by atoms with van der Waals surface area (Å²) in [6.07, 6.45) is -3.50. The molecule has 0 atom stereocenters. The third kappa shape index (κ3) is 6.18. The van der Waals surface area contributed by atoms with Crippen molar-refractivity contribution in [3.8, 4) is 11.8 Å². The summed E-state index contributed by atoms with van der Waals surface area (Å²) >= 11 is 0.860. The maximum Gasteiger partial charge on any atom is 0.417 e. The van der Waals surface area contributed by atoms with Crippen LogP contribution in [0.2, 0.25) is 0 Å². The van der Waals surface area contributed by atoms with Crippen LogP contribution in [0.25, 0.3) is 10.2 Å². The van der Waals surface area contributed by atoms with E-state index >= 15 is 0 Å². The molecule has 3 rings (SSSR count). The fraction of sp³-hybridized carbons (Fsp3) is 0.522. The second-order valence-electron chi connectivity index (χ2n) is 8.34. The molecule has 0 unspecified atom stereocenters. The molecule has 1 aliphatic heterocycles. The molecule has 0 saturated carbocycles. The molecule has 0 spiro atoms. The summed E-state index contributed by atoms with van der Waals surface area (Å²) in [6, 6.07) is 1.05. The molecule has 3 heterocycles. The van der Waals surface area contributed by atoms with Crippen LogP contribution in [-0.4, -0.2) is 55.3 Å². The molecule has 184 valence electrons. The number of ether oxygens (including phenoxy) is 2. The average Bonchev–Trinajstić information content (AvgIpc) is 3.18. The molecular formula is C23H26F3N3O4S. The summed E-state index contributed by atoms with van der Waals surface area (Å²) in [4.78, 5) is 29.4. The minimum atomic E-state index is -4.57. The van der Waals surface area contributed by atoms with E-state index in [2.05, 4.69) is 22.1 Å². The number of nitrogens with one attached hydrogen (secondary N) is 1. The predicted molar refractivity (Wildman–Crippen MR) is 123 cm³/mol. The Morgan fingerprint density at radius 2 is 1.97 bits per heavy atom. The van der Waals surface area contributed by atoms with Crippen LogP contribution in [0.15, 0.2) is 11.4 Å². The molecule has 2 aromatic heterocycles. The first-order chi connectivity index (χ1) is 15.9. The lowest BCUT2D eigenvalue weighted by Gasteiger charge is -2.32. The first-order valence-corrected chi connectivity index (χ1v) is 11.6. The lowest BCUT2D eigenvalue weighted by atomic mass is 10.1. The number of esters is 1. The number of amides is 1. The van der Waals surface area contributed by atoms with Gasteiger partial charge in [-0.1, -0.05) is 11.8 Å². The molecule has 0 aromatic carbocycles. The highest BCUT2D eigenvalue weighted by Crippen LogP contribution is 2.40. The molecule has 1 amide bonds. The Morgan fingerprint density at radius 1 is 1.29 bits per heavy atom. The first kappa shape index (κ1) is 25.8. The SMILES string of the molecule is CNC(=O)c1csc2c(C(F)(F)F)cc(N3CCC(OCC#CC(C)(C)OC(C)=O)CC3)nc12. The summed E-state index contributed by atoms with van der Waals surface area (Å²) in [5.41, 5.74) is -1.52. The Labute approximate surface area is 199 Å². The van der Waals surface area contributed by atoms with Crippen LogP contribution in [0.5, 0.6) is 0 Å². The summed E-state index contributed by atoms with van der Waals surface area (Å²) in [5, 5.41) is 3.85. The molecule has 1 N–H and O–H groups in total. The van der Waals surface area contributed by atoms with Crippen LogP contribution in [0, 0.1) is 11.8 Å². The molecule has 0 bridgehead atoms. The normalized spacial score (nSPS) is 15.1. The van der Waals surface area contributed by atoms with Crippen LogP contribution >= 0.6 is 11.3 Å². The highest BCUT2D eigenvalue weighted by Gasteiger charge is 2.36. The van der Waals surface area contributed by atoms with Crippen molar-refractivity contribution in [1.29, 1.82) is 0 Å². The van der Waals surface area contributed by atoms with Crippen molar-refractivity contribution in [2.75, 3.05) is 31.6 Å². The Morgan fingerprint density at radius 3 is 2.56 bits per heavy atom. The minimum Gasteiger partial charge on any atom is -0.447 e. The van der Waals surface area contributed by atoms with Crippen LogP contribution in [0.1, 0.15) is 49.5 Å². The van der Waals surface area contributed by atoms with Crippen molar-refractivity contribution in [2.45, 2.75) is 51.5 Å². The summed E-state index contributed by atoms with van der Waals surface area (Å²) < 4.78 is 52.1. The fourth-order valence-corrected chi connectivity index (χ4v) is 4.73. The number of hydrogen-bond donors (Lipinski definition) is 1. The van der Waals surface area contributed by atoms with Gasteiger partial charge in [-0.3, -0.25) is 9.59 Å². The second-order valence-corrected chi connectivity index (χ2v) is 9.21. The van der Waals surface area contributed by atoms with Gasteiger partial charge in [0, 0.05) is 32.4 Å². The number of carbonyl (C=O) groups excluding carboxylic acids is 2. The van der Waals surface area contributed by atoms with E-state index in [0.717, 1.165) is 17.4 Å². The third-order valence-corrected chi connectivity index (χ3v) is 6.23. The smallest absolute Gasteiger partial charge is 0.417 e. The molecule has 11 heteroatoms. The van der Waals surface area contributed by atoms with Gasteiger partial charge in [0.1, 0.15) is 12.4 Å². The zero-order valence-corrected chi connectivity index (χ0v) is 20.2. The van der Waals surface area contributed by atoms with Gasteiger partial charge in [0.25, 0.3) is 5.91 Å². The summed E-state index contributed by atoms with van der Waals surface area (Å²) in [7, 11) is 1.42. The number of halogens is 3. The van der Waals surface area contributed by atoms with Gasteiger partial charge >= 0.3 is 12.1 Å². The fourth-order valence-electron chi connectivity index (χ4n) is 3.71. The molecule has 0 aliphatic carbocycles. The van der Waals surface area contributed by atoms with Crippen molar-refractivity contribution in [3.05, 3.63) is 22.6 Å². The molecule has 34 heavy (non-hydrogen) atoms. The lowest BCUT2D eigenvalue weighted by molar-refractivity contribution is -0.149. The van der Waals surface area contributed by atoms with Gasteiger partial charge in [-0.2, -0.15) is 13.2 Å². The number of piperidine rings is 1. The van der Waals surface area contributed by atoms with Gasteiger partial charge in [0.2, 0.25) is 0 Å². The number of alkyl halides is 3. The van der Waals surface area contributed by atoms with Gasteiger partial charge in [-0.15, -0.1) is 11.3 Å². The summed E-state index contributed by atoms with van der Waals surface area (Å²) in [5.74, 6) is 4.98. The molecule has 7 nitrogen and oxygen atoms in total. The standard InChI is InChI=1S/C23H26F3N3O4S/c1-14(30)33-22(2,3)8-5-11-32-15-6-9-29(10-7-15)18-12-17(23(24,25)26)20-19(28-18)16(13-34-20)21(31)27-4/h12-13,15H,6-7,9-11H2,1-4H3,(H,27,31). The molecule has 2 aromatic rings.